The van der Waals surface area contributed by atoms with Crippen molar-refractivity contribution in [1.29, 1.82) is 0 Å². The van der Waals surface area contributed by atoms with Crippen molar-refractivity contribution >= 4 is 5.95 Å². The summed E-state index contributed by atoms with van der Waals surface area (Å²) in [5, 5.41) is 9.80. The van der Waals surface area contributed by atoms with Crippen molar-refractivity contribution in [2.24, 2.45) is 0 Å². The van der Waals surface area contributed by atoms with Crippen molar-refractivity contribution in [2.45, 2.75) is 32.1 Å². The van der Waals surface area contributed by atoms with E-state index in [1.54, 1.807) is 4.90 Å². The smallest absolute Gasteiger partial charge is 0.338 e. The third-order valence-electron chi connectivity index (χ3n) is 3.83. The Balaban J connectivity index is 0.000000249. The molecule has 0 radical (unpaired) electrons. The minimum atomic E-state index is -4.42. The van der Waals surface area contributed by atoms with Crippen LogP contribution in [0.25, 0.3) is 0 Å². The molecule has 0 aromatic carbocycles. The average molecular weight is 346 g/mol. The number of nitrogens with zero attached hydrogens (tertiary/aromatic N) is 3. The lowest BCUT2D eigenvalue weighted by molar-refractivity contribution is -0.141. The zero-order valence-electron chi connectivity index (χ0n) is 14.0. The van der Waals surface area contributed by atoms with Gasteiger partial charge in [0.15, 0.2) is 0 Å². The molecule has 0 saturated carbocycles. The highest BCUT2D eigenvalue weighted by Gasteiger charge is 2.33. The van der Waals surface area contributed by atoms with Gasteiger partial charge in [-0.3, -0.25) is 0 Å². The summed E-state index contributed by atoms with van der Waals surface area (Å²) in [5.41, 5.74) is -0.895. The van der Waals surface area contributed by atoms with Gasteiger partial charge in [0.2, 0.25) is 5.95 Å². The highest BCUT2D eigenvalue weighted by atomic mass is 19.4. The number of piperazine rings is 2. The molecule has 1 aromatic heterocycles. The van der Waals surface area contributed by atoms with Crippen LogP contribution in [-0.2, 0) is 6.18 Å². The zero-order chi connectivity index (χ0) is 17.6. The second kappa shape index (κ2) is 8.59. The predicted molar refractivity (Wildman–Crippen MR) is 87.0 cm³/mol. The maximum Gasteiger partial charge on any atom is 0.433 e. The number of nitrogens with one attached hydrogen (secondary N) is 3. The van der Waals surface area contributed by atoms with Gasteiger partial charge in [-0.1, -0.05) is 0 Å². The van der Waals surface area contributed by atoms with Crippen molar-refractivity contribution in [2.75, 3.05) is 44.2 Å². The number of rotatable bonds is 1. The monoisotopic (exact) mass is 346 g/mol. The number of hydrogen-bond donors (Lipinski definition) is 3. The second-order valence-corrected chi connectivity index (χ2v) is 6.10. The van der Waals surface area contributed by atoms with Crippen molar-refractivity contribution in [3.63, 3.8) is 0 Å². The molecule has 2 atom stereocenters. The summed E-state index contributed by atoms with van der Waals surface area (Å²) < 4.78 is 37.5. The number of alkyl halides is 3. The Labute approximate surface area is 140 Å². The predicted octanol–water partition coefficient (Wildman–Crippen LogP) is 0.861. The second-order valence-electron chi connectivity index (χ2n) is 6.10. The highest BCUT2D eigenvalue weighted by Crippen LogP contribution is 2.28. The summed E-state index contributed by atoms with van der Waals surface area (Å²) in [4.78, 5) is 9.22. The Morgan fingerprint density at radius 3 is 2.42 bits per heavy atom. The Bertz CT molecular complexity index is 504. The summed E-state index contributed by atoms with van der Waals surface area (Å²) in [6.45, 7) is 9.49. The first kappa shape index (κ1) is 18.9. The van der Waals surface area contributed by atoms with E-state index < -0.39 is 11.9 Å². The standard InChI is InChI=1S/C10H13F3N4.C5H12N2/c1-7-6-17(5-4-14-7)9-15-3-2-8(16-9)10(11,12)13;1-5-4-6-2-3-7-5/h2-3,7,14H,4-6H2,1H3;5-7H,2-4H2,1H3/t7-;5-/m00/s1. The van der Waals surface area contributed by atoms with Gasteiger partial charge in [-0.2, -0.15) is 13.2 Å². The average Bonchev–Trinajstić information content (AvgIpc) is 2.55. The van der Waals surface area contributed by atoms with Gasteiger partial charge in [-0.15, -0.1) is 0 Å². The van der Waals surface area contributed by atoms with Crippen molar-refractivity contribution in [3.05, 3.63) is 18.0 Å². The number of anilines is 1. The number of hydrogen-bond acceptors (Lipinski definition) is 6. The molecule has 2 fully saturated rings. The van der Waals surface area contributed by atoms with Gasteiger partial charge in [0.05, 0.1) is 0 Å². The molecule has 0 aliphatic carbocycles. The van der Waals surface area contributed by atoms with Crippen molar-refractivity contribution < 1.29 is 13.2 Å². The molecule has 3 rings (SSSR count). The van der Waals surface area contributed by atoms with Crippen LogP contribution in [0.2, 0.25) is 0 Å². The molecular weight excluding hydrogens is 321 g/mol. The molecule has 2 saturated heterocycles. The first-order valence-corrected chi connectivity index (χ1v) is 8.19. The lowest BCUT2D eigenvalue weighted by atomic mass is 10.2. The quantitative estimate of drug-likeness (QED) is 0.701. The third kappa shape index (κ3) is 5.88. The Morgan fingerprint density at radius 2 is 1.88 bits per heavy atom. The minimum absolute atomic E-state index is 0.146. The van der Waals surface area contributed by atoms with E-state index in [0.717, 1.165) is 38.4 Å². The molecule has 0 bridgehead atoms. The van der Waals surface area contributed by atoms with Crippen molar-refractivity contribution in [1.82, 2.24) is 25.9 Å². The fourth-order valence-electron chi connectivity index (χ4n) is 2.57. The SMILES string of the molecule is C[C@H]1CN(c2nccc(C(F)(F)F)n2)CCN1.C[C@H]1CNCCN1. The number of aromatic nitrogens is 2. The third-order valence-corrected chi connectivity index (χ3v) is 3.83. The van der Waals surface area contributed by atoms with Gasteiger partial charge in [-0.25, -0.2) is 9.97 Å². The Morgan fingerprint density at radius 1 is 1.12 bits per heavy atom. The van der Waals surface area contributed by atoms with Crippen LogP contribution in [0.3, 0.4) is 0 Å². The molecular formula is C15H25F3N6. The highest BCUT2D eigenvalue weighted by molar-refractivity contribution is 5.32. The summed E-state index contributed by atoms with van der Waals surface area (Å²) in [7, 11) is 0. The van der Waals surface area contributed by atoms with Crippen LogP contribution in [0.1, 0.15) is 19.5 Å². The maximum atomic E-state index is 12.5. The molecule has 24 heavy (non-hydrogen) atoms. The summed E-state index contributed by atoms with van der Waals surface area (Å²) in [6.07, 6.45) is -3.27. The van der Waals surface area contributed by atoms with E-state index in [1.807, 2.05) is 6.92 Å². The molecule has 1 aromatic rings. The van der Waals surface area contributed by atoms with Crippen LogP contribution in [0, 0.1) is 0 Å². The number of halogens is 3. The first-order chi connectivity index (χ1) is 11.4. The van der Waals surface area contributed by atoms with Crippen LogP contribution >= 0.6 is 0 Å². The van der Waals surface area contributed by atoms with Gasteiger partial charge >= 0.3 is 6.18 Å². The van der Waals surface area contributed by atoms with Gasteiger partial charge in [0, 0.05) is 57.5 Å². The normalized spacial score (nSPS) is 25.0. The maximum absolute atomic E-state index is 12.5. The van der Waals surface area contributed by atoms with E-state index in [0.29, 0.717) is 19.1 Å². The molecule has 0 spiro atoms. The lowest BCUT2D eigenvalue weighted by Crippen LogP contribution is -2.49. The van der Waals surface area contributed by atoms with E-state index in [9.17, 15) is 13.2 Å². The Hall–Kier alpha value is -1.45. The molecule has 136 valence electrons. The van der Waals surface area contributed by atoms with Gasteiger partial charge < -0.3 is 20.9 Å². The van der Waals surface area contributed by atoms with E-state index >= 15 is 0 Å². The molecule has 3 heterocycles. The Kier molecular flexibility index (Phi) is 6.76. The topological polar surface area (TPSA) is 65.1 Å². The molecule has 0 amide bonds. The first-order valence-electron chi connectivity index (χ1n) is 8.19. The van der Waals surface area contributed by atoms with E-state index in [4.69, 9.17) is 0 Å². The van der Waals surface area contributed by atoms with Crippen LogP contribution in [-0.4, -0.2) is 61.3 Å². The summed E-state index contributed by atoms with van der Waals surface area (Å²) in [5.74, 6) is 0.146. The lowest BCUT2D eigenvalue weighted by Gasteiger charge is -2.31. The van der Waals surface area contributed by atoms with Crippen LogP contribution in [0.5, 0.6) is 0 Å². The molecule has 0 unspecified atom stereocenters. The molecule has 2 aliphatic heterocycles. The van der Waals surface area contributed by atoms with Gasteiger partial charge in [-0.05, 0) is 19.9 Å². The fourth-order valence-corrected chi connectivity index (χ4v) is 2.57. The van der Waals surface area contributed by atoms with Crippen molar-refractivity contribution in [3.8, 4) is 0 Å². The zero-order valence-corrected chi connectivity index (χ0v) is 14.0. The van der Waals surface area contributed by atoms with E-state index in [2.05, 4.69) is 32.8 Å². The van der Waals surface area contributed by atoms with Crippen LogP contribution < -0.4 is 20.9 Å². The van der Waals surface area contributed by atoms with Crippen LogP contribution in [0.15, 0.2) is 12.3 Å². The molecule has 3 N–H and O–H groups in total. The fraction of sp³-hybridized carbons (Fsp3) is 0.733. The molecule has 9 heteroatoms. The van der Waals surface area contributed by atoms with E-state index in [-0.39, 0.29) is 12.0 Å². The largest absolute Gasteiger partial charge is 0.433 e. The minimum Gasteiger partial charge on any atom is -0.338 e. The van der Waals surface area contributed by atoms with Gasteiger partial charge in [0.25, 0.3) is 0 Å². The summed E-state index contributed by atoms with van der Waals surface area (Å²) in [6, 6.07) is 1.78. The summed E-state index contributed by atoms with van der Waals surface area (Å²) >= 11 is 0. The molecule has 2 aliphatic rings. The van der Waals surface area contributed by atoms with E-state index in [1.165, 1.54) is 0 Å². The van der Waals surface area contributed by atoms with Gasteiger partial charge in [0.1, 0.15) is 5.69 Å². The molecule has 6 nitrogen and oxygen atoms in total. The van der Waals surface area contributed by atoms with Crippen LogP contribution in [0.4, 0.5) is 19.1 Å².